The molecule has 15 nitrogen and oxygen atoms in total. The number of pyridine rings is 2. The van der Waals surface area contributed by atoms with Crippen LogP contribution in [-0.2, 0) is 43.8 Å². The van der Waals surface area contributed by atoms with E-state index < -0.39 is 11.9 Å². The zero-order valence-corrected chi connectivity index (χ0v) is 32.4. The number of hydrogen-bond acceptors (Lipinski definition) is 9. The molecule has 0 radical (unpaired) electrons. The van der Waals surface area contributed by atoms with Crippen molar-refractivity contribution in [1.29, 1.82) is 0 Å². The summed E-state index contributed by atoms with van der Waals surface area (Å²) in [6.45, 7) is 0.546. The van der Waals surface area contributed by atoms with Gasteiger partial charge >= 0.3 is 5.69 Å². The Balaban J connectivity index is 1.05. The number of imide groups is 1. The number of rotatable bonds is 8. The number of aryl methyl sites for hydroxylation is 3. The van der Waals surface area contributed by atoms with Crippen LogP contribution in [0.4, 0.5) is 0 Å². The minimum absolute atomic E-state index is 0.142. The van der Waals surface area contributed by atoms with Gasteiger partial charge in [-0.15, -0.1) is 0 Å². The van der Waals surface area contributed by atoms with Gasteiger partial charge < -0.3 is 18.9 Å². The lowest BCUT2D eigenvalue weighted by molar-refractivity contribution is -0.135. The maximum absolute atomic E-state index is 14.2. The third-order valence-electron chi connectivity index (χ3n) is 11.3. The number of piperidine rings is 1. The number of fused-ring (bicyclic) bond motifs is 3. The topological polar surface area (TPSA) is 165 Å². The molecule has 1 fully saturated rings. The highest BCUT2D eigenvalue weighted by atomic mass is 16.5. The van der Waals surface area contributed by atoms with Gasteiger partial charge in [0.05, 0.1) is 54.6 Å². The minimum atomic E-state index is -0.814. The Labute approximate surface area is 330 Å². The molecule has 6 heterocycles. The van der Waals surface area contributed by atoms with E-state index in [1.807, 2.05) is 61.8 Å². The molecule has 1 unspecified atom stereocenters. The molecule has 4 aromatic heterocycles. The van der Waals surface area contributed by atoms with Gasteiger partial charge in [-0.05, 0) is 53.4 Å². The summed E-state index contributed by atoms with van der Waals surface area (Å²) < 4.78 is 18.1. The lowest BCUT2D eigenvalue weighted by atomic mass is 9.98. The van der Waals surface area contributed by atoms with E-state index in [-0.39, 0.29) is 42.4 Å². The highest BCUT2D eigenvalue weighted by Gasteiger charge is 2.33. The fourth-order valence-corrected chi connectivity index (χ4v) is 8.35. The number of carbonyl (C=O) groups excluding carboxylic acids is 3. The monoisotopic (exact) mass is 778 g/mol. The van der Waals surface area contributed by atoms with Crippen molar-refractivity contribution in [1.82, 2.24) is 38.7 Å². The van der Waals surface area contributed by atoms with Gasteiger partial charge in [0.2, 0.25) is 11.8 Å². The fraction of sp³-hybridized carbons (Fsp3) is 0.233. The normalized spacial score (nSPS) is 15.4. The van der Waals surface area contributed by atoms with Crippen LogP contribution in [0.15, 0.2) is 89.0 Å². The number of imidazole rings is 1. The van der Waals surface area contributed by atoms with Crippen LogP contribution in [0.2, 0.25) is 0 Å². The van der Waals surface area contributed by atoms with Crippen molar-refractivity contribution in [3.8, 4) is 45.0 Å². The van der Waals surface area contributed by atoms with E-state index in [2.05, 4.69) is 15.4 Å². The van der Waals surface area contributed by atoms with Gasteiger partial charge in [0.1, 0.15) is 17.5 Å². The Kier molecular flexibility index (Phi) is 8.60. The molecule has 0 bridgehead atoms. The molecule has 1 atom stereocenters. The Bertz CT molecular complexity index is 3000. The molecule has 0 spiro atoms. The smallest absolute Gasteiger partial charge is 0.329 e. The standard InChI is InChI=1S/C43H38N8O7/c1-47-21-31(29-16-33(26-17-45-48(2)19-26)44-18-30(29)41(47)54)25-14-36(57-4)32(37(15-25)58-5)22-50-20-24-10-9-23(13-28(24)42(50)55)27-7-6-8-34-39(27)49(3)43(56)51(34)35-11-12-38(52)46-40(35)53/h6-10,13-19,21,35H,11-12,20,22H2,1-5H3,(H,46,52,53). The van der Waals surface area contributed by atoms with Crippen LogP contribution >= 0.6 is 0 Å². The molecule has 2 aliphatic heterocycles. The Hall–Kier alpha value is -7.29. The zero-order valence-electron chi connectivity index (χ0n) is 32.4. The first-order valence-electron chi connectivity index (χ1n) is 18.7. The number of hydrogen-bond donors (Lipinski definition) is 1. The molecule has 9 rings (SSSR count). The van der Waals surface area contributed by atoms with Gasteiger partial charge in [-0.3, -0.25) is 43.3 Å². The number of methoxy groups -OCH3 is 2. The van der Waals surface area contributed by atoms with Crippen LogP contribution < -0.4 is 26.0 Å². The van der Waals surface area contributed by atoms with Crippen molar-refractivity contribution in [2.24, 2.45) is 21.1 Å². The molecule has 15 heteroatoms. The summed E-state index contributed by atoms with van der Waals surface area (Å²) >= 11 is 0. The number of benzene rings is 3. The molecule has 7 aromatic rings. The molecule has 2 aliphatic rings. The van der Waals surface area contributed by atoms with Crippen molar-refractivity contribution < 1.29 is 23.9 Å². The third kappa shape index (κ3) is 5.76. The lowest BCUT2D eigenvalue weighted by Crippen LogP contribution is -2.44. The largest absolute Gasteiger partial charge is 0.496 e. The number of para-hydroxylation sites is 1. The highest BCUT2D eigenvalue weighted by molar-refractivity contribution is 6.03. The Morgan fingerprint density at radius 2 is 1.59 bits per heavy atom. The molecule has 0 saturated carbocycles. The molecule has 3 aromatic carbocycles. The first-order chi connectivity index (χ1) is 27.9. The van der Waals surface area contributed by atoms with E-state index in [0.717, 1.165) is 33.4 Å². The van der Waals surface area contributed by atoms with Crippen LogP contribution in [0.3, 0.4) is 0 Å². The van der Waals surface area contributed by atoms with Gasteiger partial charge in [0.15, 0.2) is 0 Å². The SMILES string of the molecule is COc1cc(-c2cn(C)c(=O)c3cnc(-c4cnn(C)c4)cc23)cc(OC)c1CN1Cc2ccc(-c3cccc4c3n(C)c(=O)n4C3CCC(=O)NC3=O)cc2C1=O. The zero-order chi connectivity index (χ0) is 40.6. The van der Waals surface area contributed by atoms with Gasteiger partial charge in [-0.25, -0.2) is 4.79 Å². The van der Waals surface area contributed by atoms with E-state index in [1.54, 1.807) is 62.6 Å². The lowest BCUT2D eigenvalue weighted by Gasteiger charge is -2.22. The van der Waals surface area contributed by atoms with Crippen LogP contribution in [0.5, 0.6) is 11.5 Å². The summed E-state index contributed by atoms with van der Waals surface area (Å²) in [5, 5.41) is 7.79. The van der Waals surface area contributed by atoms with E-state index in [0.29, 0.717) is 56.7 Å². The molecular weight excluding hydrogens is 741 g/mol. The van der Waals surface area contributed by atoms with Crippen LogP contribution in [-0.4, -0.2) is 65.3 Å². The number of aromatic nitrogens is 6. The number of nitrogens with one attached hydrogen (secondary N) is 1. The molecule has 1 N–H and O–H groups in total. The first kappa shape index (κ1) is 36.4. The molecule has 0 aliphatic carbocycles. The van der Waals surface area contributed by atoms with Gasteiger partial charge in [-0.2, -0.15) is 5.10 Å². The maximum atomic E-state index is 14.2. The van der Waals surface area contributed by atoms with Crippen LogP contribution in [0.1, 0.15) is 40.4 Å². The fourth-order valence-electron chi connectivity index (χ4n) is 8.35. The average molecular weight is 779 g/mol. The second-order valence-corrected chi connectivity index (χ2v) is 14.7. The molecule has 292 valence electrons. The van der Waals surface area contributed by atoms with Gasteiger partial charge in [0.25, 0.3) is 11.5 Å². The summed E-state index contributed by atoms with van der Waals surface area (Å²) in [6.07, 6.45) is 7.33. The predicted octanol–water partition coefficient (Wildman–Crippen LogP) is 4.47. The van der Waals surface area contributed by atoms with Crippen LogP contribution in [0.25, 0.3) is 55.3 Å². The molecule has 58 heavy (non-hydrogen) atoms. The Morgan fingerprint density at radius 1 is 0.810 bits per heavy atom. The van der Waals surface area contributed by atoms with E-state index in [9.17, 15) is 24.0 Å². The third-order valence-corrected chi connectivity index (χ3v) is 11.3. The first-order valence-corrected chi connectivity index (χ1v) is 18.7. The van der Waals surface area contributed by atoms with Crippen molar-refractivity contribution >= 4 is 39.5 Å². The second-order valence-electron chi connectivity index (χ2n) is 14.7. The summed E-state index contributed by atoms with van der Waals surface area (Å²) in [7, 11) is 8.32. The van der Waals surface area contributed by atoms with Crippen molar-refractivity contribution in [3.05, 3.63) is 117 Å². The second kappa shape index (κ2) is 13.7. The highest BCUT2D eigenvalue weighted by Crippen LogP contribution is 2.40. The van der Waals surface area contributed by atoms with E-state index in [1.165, 1.54) is 13.7 Å². The minimum Gasteiger partial charge on any atom is -0.496 e. The van der Waals surface area contributed by atoms with Crippen molar-refractivity contribution in [2.45, 2.75) is 32.0 Å². The van der Waals surface area contributed by atoms with Crippen molar-refractivity contribution in [3.63, 3.8) is 0 Å². The molecular formula is C43H38N8O7. The summed E-state index contributed by atoms with van der Waals surface area (Å²) in [5.41, 5.74) is 7.16. The van der Waals surface area contributed by atoms with Crippen molar-refractivity contribution in [2.75, 3.05) is 14.2 Å². The predicted molar refractivity (Wildman–Crippen MR) is 215 cm³/mol. The summed E-state index contributed by atoms with van der Waals surface area (Å²) in [4.78, 5) is 71.9. The van der Waals surface area contributed by atoms with E-state index >= 15 is 0 Å². The maximum Gasteiger partial charge on any atom is 0.329 e. The number of nitrogens with zero attached hydrogens (tertiary/aromatic N) is 7. The quantitative estimate of drug-likeness (QED) is 0.219. The van der Waals surface area contributed by atoms with E-state index in [4.69, 9.17) is 9.47 Å². The molecule has 3 amide bonds. The average Bonchev–Trinajstić information content (AvgIpc) is 3.88. The van der Waals surface area contributed by atoms with Gasteiger partial charge in [0, 0.05) is 80.3 Å². The Morgan fingerprint density at radius 3 is 2.29 bits per heavy atom. The number of carbonyl (C=O) groups is 3. The number of ether oxygens (including phenoxy) is 2. The number of amides is 3. The summed E-state index contributed by atoms with van der Waals surface area (Å²) in [6, 6.07) is 16.0. The van der Waals surface area contributed by atoms with Gasteiger partial charge in [-0.1, -0.05) is 24.3 Å². The molecule has 1 saturated heterocycles. The summed E-state index contributed by atoms with van der Waals surface area (Å²) in [5.74, 6) is -0.0153. The van der Waals surface area contributed by atoms with Crippen LogP contribution in [0, 0.1) is 0 Å².